The van der Waals surface area contributed by atoms with E-state index in [9.17, 15) is 4.79 Å². The van der Waals surface area contributed by atoms with Gasteiger partial charge in [-0.15, -0.1) is 0 Å². The highest BCUT2D eigenvalue weighted by atomic mass is 16.1. The van der Waals surface area contributed by atoms with Crippen LogP contribution in [-0.4, -0.2) is 29.0 Å². The Morgan fingerprint density at radius 3 is 2.34 bits per heavy atom. The summed E-state index contributed by atoms with van der Waals surface area (Å²) >= 11 is 0. The van der Waals surface area contributed by atoms with E-state index in [2.05, 4.69) is 56.8 Å². The van der Waals surface area contributed by atoms with Crippen molar-refractivity contribution in [2.75, 3.05) is 33.9 Å². The van der Waals surface area contributed by atoms with Gasteiger partial charge in [0.05, 0.1) is 0 Å². The SMILES string of the molecule is CCN(CC)c1ccc(Nc2ccnc(Nc3cccc(NC(C)=O)c3)n2)cc1. The van der Waals surface area contributed by atoms with Crippen LogP contribution in [0.2, 0.25) is 0 Å². The molecule has 0 aliphatic carbocycles. The smallest absolute Gasteiger partial charge is 0.229 e. The number of anilines is 6. The fourth-order valence-corrected chi connectivity index (χ4v) is 2.99. The number of nitrogens with zero attached hydrogens (tertiary/aromatic N) is 3. The molecule has 0 fully saturated rings. The van der Waals surface area contributed by atoms with Crippen LogP contribution in [0, 0.1) is 0 Å². The molecule has 0 saturated heterocycles. The van der Waals surface area contributed by atoms with Crippen LogP contribution in [-0.2, 0) is 4.79 Å². The molecule has 0 aliphatic heterocycles. The fourth-order valence-electron chi connectivity index (χ4n) is 2.99. The fraction of sp³-hybridized carbons (Fsp3) is 0.227. The second-order valence-corrected chi connectivity index (χ2v) is 6.50. The van der Waals surface area contributed by atoms with E-state index >= 15 is 0 Å². The van der Waals surface area contributed by atoms with Crippen LogP contribution in [0.5, 0.6) is 0 Å². The van der Waals surface area contributed by atoms with E-state index in [1.807, 2.05) is 42.5 Å². The summed E-state index contributed by atoms with van der Waals surface area (Å²) < 4.78 is 0. The second-order valence-electron chi connectivity index (χ2n) is 6.50. The topological polar surface area (TPSA) is 82.2 Å². The first-order valence-electron chi connectivity index (χ1n) is 9.67. The zero-order chi connectivity index (χ0) is 20.6. The van der Waals surface area contributed by atoms with Gasteiger partial charge in [-0.05, 0) is 62.4 Å². The third kappa shape index (κ3) is 5.68. The predicted octanol–water partition coefficient (Wildman–Crippen LogP) is 4.77. The lowest BCUT2D eigenvalue weighted by atomic mass is 10.2. The molecule has 1 amide bonds. The lowest BCUT2D eigenvalue weighted by Crippen LogP contribution is -2.21. The summed E-state index contributed by atoms with van der Waals surface area (Å²) in [5.41, 5.74) is 3.66. The normalized spacial score (nSPS) is 10.3. The highest BCUT2D eigenvalue weighted by Gasteiger charge is 2.04. The van der Waals surface area contributed by atoms with Crippen molar-refractivity contribution in [3.8, 4) is 0 Å². The molecule has 2 aromatic carbocycles. The zero-order valence-corrected chi connectivity index (χ0v) is 16.9. The summed E-state index contributed by atoms with van der Waals surface area (Å²) in [6.07, 6.45) is 1.69. The van der Waals surface area contributed by atoms with Gasteiger partial charge in [0.1, 0.15) is 5.82 Å². The van der Waals surface area contributed by atoms with Crippen molar-refractivity contribution in [1.29, 1.82) is 0 Å². The maximum Gasteiger partial charge on any atom is 0.229 e. The number of hydrogen-bond acceptors (Lipinski definition) is 6. The number of rotatable bonds is 8. The molecule has 1 aromatic heterocycles. The summed E-state index contributed by atoms with van der Waals surface area (Å²) in [6.45, 7) is 7.74. The van der Waals surface area contributed by atoms with Crippen molar-refractivity contribution in [1.82, 2.24) is 9.97 Å². The van der Waals surface area contributed by atoms with Crippen LogP contribution < -0.4 is 20.9 Å². The summed E-state index contributed by atoms with van der Waals surface area (Å²) in [6, 6.07) is 17.5. The standard InChI is InChI=1S/C22H26N6O/c1-4-28(5-2)20-11-9-17(10-12-20)25-21-13-14-23-22(27-21)26-19-8-6-7-18(15-19)24-16(3)29/h6-15H,4-5H2,1-3H3,(H,24,29)(H2,23,25,26,27). The maximum absolute atomic E-state index is 11.2. The summed E-state index contributed by atoms with van der Waals surface area (Å²) in [7, 11) is 0. The number of nitrogens with one attached hydrogen (secondary N) is 3. The molecule has 3 N–H and O–H groups in total. The van der Waals surface area contributed by atoms with Crippen molar-refractivity contribution in [2.24, 2.45) is 0 Å². The van der Waals surface area contributed by atoms with Crippen LogP contribution in [0.1, 0.15) is 20.8 Å². The number of carbonyl (C=O) groups is 1. The number of aromatic nitrogens is 2. The van der Waals surface area contributed by atoms with Gasteiger partial charge in [0.25, 0.3) is 0 Å². The average Bonchev–Trinajstić information content (AvgIpc) is 2.70. The molecule has 1 heterocycles. The monoisotopic (exact) mass is 390 g/mol. The van der Waals surface area contributed by atoms with Gasteiger partial charge in [0.2, 0.25) is 11.9 Å². The minimum absolute atomic E-state index is 0.114. The van der Waals surface area contributed by atoms with Gasteiger partial charge in [0, 0.05) is 49.0 Å². The van der Waals surface area contributed by atoms with E-state index in [-0.39, 0.29) is 5.91 Å². The predicted molar refractivity (Wildman–Crippen MR) is 119 cm³/mol. The Balaban J connectivity index is 1.69. The summed E-state index contributed by atoms with van der Waals surface area (Å²) in [5.74, 6) is 1.04. The highest BCUT2D eigenvalue weighted by Crippen LogP contribution is 2.22. The largest absolute Gasteiger partial charge is 0.372 e. The number of benzene rings is 2. The van der Waals surface area contributed by atoms with Crippen molar-refractivity contribution in [3.63, 3.8) is 0 Å². The van der Waals surface area contributed by atoms with Gasteiger partial charge in [-0.25, -0.2) is 4.98 Å². The molecule has 0 spiro atoms. The third-order valence-electron chi connectivity index (χ3n) is 4.36. The van der Waals surface area contributed by atoms with Gasteiger partial charge >= 0.3 is 0 Å². The Morgan fingerprint density at radius 2 is 1.66 bits per heavy atom. The van der Waals surface area contributed by atoms with Crippen molar-refractivity contribution < 1.29 is 4.79 Å². The molecular formula is C22H26N6O. The van der Waals surface area contributed by atoms with Gasteiger partial charge in [-0.2, -0.15) is 4.98 Å². The van der Waals surface area contributed by atoms with Gasteiger partial charge < -0.3 is 20.9 Å². The van der Waals surface area contributed by atoms with Gasteiger partial charge in [-0.3, -0.25) is 4.79 Å². The first kappa shape index (κ1) is 20.1. The number of carbonyl (C=O) groups excluding carboxylic acids is 1. The lowest BCUT2D eigenvalue weighted by Gasteiger charge is -2.21. The van der Waals surface area contributed by atoms with Crippen LogP contribution in [0.15, 0.2) is 60.8 Å². The first-order valence-corrected chi connectivity index (χ1v) is 9.67. The first-order chi connectivity index (χ1) is 14.1. The molecule has 0 aliphatic rings. The van der Waals surface area contributed by atoms with E-state index in [1.54, 1.807) is 6.20 Å². The lowest BCUT2D eigenvalue weighted by molar-refractivity contribution is -0.114. The Labute approximate surface area is 171 Å². The minimum Gasteiger partial charge on any atom is -0.372 e. The van der Waals surface area contributed by atoms with E-state index in [0.717, 1.165) is 24.5 Å². The average molecular weight is 390 g/mol. The Kier molecular flexibility index (Phi) is 6.63. The summed E-state index contributed by atoms with van der Waals surface area (Å²) in [4.78, 5) is 22.3. The quantitative estimate of drug-likeness (QED) is 0.514. The molecule has 3 aromatic rings. The molecule has 3 rings (SSSR count). The van der Waals surface area contributed by atoms with E-state index in [1.165, 1.54) is 12.6 Å². The van der Waals surface area contributed by atoms with Crippen molar-refractivity contribution in [2.45, 2.75) is 20.8 Å². The number of hydrogen-bond donors (Lipinski definition) is 3. The Morgan fingerprint density at radius 1 is 0.931 bits per heavy atom. The van der Waals surface area contributed by atoms with Crippen LogP contribution in [0.25, 0.3) is 0 Å². The van der Waals surface area contributed by atoms with Crippen LogP contribution in [0.3, 0.4) is 0 Å². The van der Waals surface area contributed by atoms with Crippen LogP contribution in [0.4, 0.5) is 34.5 Å². The molecule has 7 heteroatoms. The molecule has 0 atom stereocenters. The molecule has 0 bridgehead atoms. The number of amides is 1. The van der Waals surface area contributed by atoms with Gasteiger partial charge in [-0.1, -0.05) is 6.07 Å². The summed E-state index contributed by atoms with van der Waals surface area (Å²) in [5, 5.41) is 9.23. The molecule has 0 radical (unpaired) electrons. The van der Waals surface area contributed by atoms with E-state index in [4.69, 9.17) is 0 Å². The Hall–Kier alpha value is -3.61. The van der Waals surface area contributed by atoms with E-state index in [0.29, 0.717) is 17.5 Å². The molecule has 29 heavy (non-hydrogen) atoms. The minimum atomic E-state index is -0.114. The molecule has 150 valence electrons. The molecular weight excluding hydrogens is 364 g/mol. The van der Waals surface area contributed by atoms with E-state index < -0.39 is 0 Å². The molecule has 7 nitrogen and oxygen atoms in total. The molecule has 0 saturated carbocycles. The van der Waals surface area contributed by atoms with Gasteiger partial charge in [0.15, 0.2) is 0 Å². The van der Waals surface area contributed by atoms with Crippen LogP contribution >= 0.6 is 0 Å². The Bertz CT molecular complexity index is 954. The zero-order valence-electron chi connectivity index (χ0n) is 16.9. The highest BCUT2D eigenvalue weighted by molar-refractivity contribution is 5.89. The molecule has 0 unspecified atom stereocenters. The third-order valence-corrected chi connectivity index (χ3v) is 4.36. The second kappa shape index (κ2) is 9.54. The van der Waals surface area contributed by atoms with Crippen molar-refractivity contribution >= 4 is 40.4 Å². The maximum atomic E-state index is 11.2. The van der Waals surface area contributed by atoms with Crippen molar-refractivity contribution in [3.05, 3.63) is 60.8 Å².